The molecule has 6 heteroatoms. The van der Waals surface area contributed by atoms with E-state index >= 15 is 0 Å². The Morgan fingerprint density at radius 2 is 1.83 bits per heavy atom. The molecule has 1 aromatic carbocycles. The molecule has 1 aromatic heterocycles. The van der Waals surface area contributed by atoms with Crippen molar-refractivity contribution in [3.8, 4) is 0 Å². The van der Waals surface area contributed by atoms with Gasteiger partial charge in [-0.15, -0.1) is 0 Å². The van der Waals surface area contributed by atoms with Crippen molar-refractivity contribution in [1.82, 2.24) is 0 Å². The van der Waals surface area contributed by atoms with Crippen LogP contribution in [0.2, 0.25) is 0 Å². The molecule has 0 saturated carbocycles. The maximum absolute atomic E-state index is 13.0. The van der Waals surface area contributed by atoms with E-state index in [1.165, 1.54) is 11.3 Å². The third kappa shape index (κ3) is 4.76. The van der Waals surface area contributed by atoms with Gasteiger partial charge in [0, 0.05) is 22.6 Å². The third-order valence-electron chi connectivity index (χ3n) is 4.81. The number of allylic oxidation sites excluding steroid dienone is 1. The van der Waals surface area contributed by atoms with Crippen LogP contribution < -0.4 is 0 Å². The Hall–Kier alpha value is -2.99. The number of thiophene rings is 1. The van der Waals surface area contributed by atoms with Crippen LogP contribution in [0.3, 0.4) is 0 Å². The predicted octanol–water partition coefficient (Wildman–Crippen LogP) is 5.01. The van der Waals surface area contributed by atoms with E-state index in [-0.39, 0.29) is 13.2 Å². The molecule has 2 heterocycles. The Balaban J connectivity index is 2.16. The van der Waals surface area contributed by atoms with E-state index < -0.39 is 23.8 Å². The van der Waals surface area contributed by atoms with Crippen LogP contribution in [-0.4, -0.2) is 30.9 Å². The summed E-state index contributed by atoms with van der Waals surface area (Å²) in [7, 11) is 0. The van der Waals surface area contributed by atoms with Crippen molar-refractivity contribution in [3.05, 3.63) is 69.9 Å². The quantitative estimate of drug-likeness (QED) is 0.588. The fourth-order valence-electron chi connectivity index (χ4n) is 3.49. The summed E-state index contributed by atoms with van der Waals surface area (Å²) in [6.45, 7) is 5.83. The Morgan fingerprint density at radius 3 is 2.47 bits per heavy atom. The maximum Gasteiger partial charge on any atom is 0.336 e. The molecule has 3 rings (SSSR count). The van der Waals surface area contributed by atoms with Crippen molar-refractivity contribution in [2.45, 2.75) is 20.8 Å². The molecule has 0 amide bonds. The fourth-order valence-corrected chi connectivity index (χ4v) is 4.13. The molecule has 156 valence electrons. The summed E-state index contributed by atoms with van der Waals surface area (Å²) < 4.78 is 10.7. The molecular weight excluding hydrogens is 398 g/mol. The summed E-state index contributed by atoms with van der Waals surface area (Å²) in [5.41, 5.74) is 3.36. The van der Waals surface area contributed by atoms with E-state index in [4.69, 9.17) is 9.47 Å². The first-order valence-corrected chi connectivity index (χ1v) is 10.9. The number of carbonyl (C=O) groups excluding carboxylic acids is 2. The molecule has 0 N–H and O–H groups in total. The summed E-state index contributed by atoms with van der Waals surface area (Å²) >= 11 is 1.52. The molecule has 1 aliphatic heterocycles. The minimum Gasteiger partial charge on any atom is -0.465 e. The first-order valence-electron chi connectivity index (χ1n) is 9.95. The lowest BCUT2D eigenvalue weighted by atomic mass is 9.78. The molecule has 0 aliphatic carbocycles. The Labute approximate surface area is 180 Å². The number of rotatable bonds is 7. The van der Waals surface area contributed by atoms with Gasteiger partial charge >= 0.3 is 11.9 Å². The van der Waals surface area contributed by atoms with Gasteiger partial charge in [0.05, 0.1) is 24.5 Å². The van der Waals surface area contributed by atoms with Crippen LogP contribution in [0.15, 0.2) is 63.8 Å². The van der Waals surface area contributed by atoms with Gasteiger partial charge < -0.3 is 9.47 Å². The lowest BCUT2D eigenvalue weighted by Gasteiger charge is -2.30. The van der Waals surface area contributed by atoms with Crippen LogP contribution in [-0.2, 0) is 19.1 Å². The SMILES string of the molecule is CCOC(=O)C1=C(c2ccsc2)N=C(C)C(C(=O)OCC)C1/C=C/c1ccccc1. The van der Waals surface area contributed by atoms with Gasteiger partial charge in [0.2, 0.25) is 0 Å². The Bertz CT molecular complexity index is 974. The number of aliphatic imine (C=N–C) groups is 1. The fraction of sp³-hybridized carbons (Fsp3) is 0.292. The minimum atomic E-state index is -0.688. The zero-order valence-electron chi connectivity index (χ0n) is 17.3. The van der Waals surface area contributed by atoms with Gasteiger partial charge in [-0.1, -0.05) is 42.5 Å². The van der Waals surface area contributed by atoms with E-state index in [0.29, 0.717) is 17.0 Å². The van der Waals surface area contributed by atoms with E-state index in [0.717, 1.165) is 11.1 Å². The highest BCUT2D eigenvalue weighted by atomic mass is 32.1. The lowest BCUT2D eigenvalue weighted by molar-refractivity contribution is -0.146. The van der Waals surface area contributed by atoms with Gasteiger partial charge in [0.15, 0.2) is 0 Å². The minimum absolute atomic E-state index is 0.237. The number of esters is 2. The van der Waals surface area contributed by atoms with Crippen molar-refractivity contribution >= 4 is 40.8 Å². The van der Waals surface area contributed by atoms with Gasteiger partial charge in [-0.2, -0.15) is 11.3 Å². The van der Waals surface area contributed by atoms with Crippen LogP contribution in [0.25, 0.3) is 11.8 Å². The highest BCUT2D eigenvalue weighted by Gasteiger charge is 2.41. The summed E-state index contributed by atoms with van der Waals surface area (Å²) in [4.78, 5) is 30.5. The molecule has 0 saturated heterocycles. The van der Waals surface area contributed by atoms with Crippen molar-refractivity contribution in [2.75, 3.05) is 13.2 Å². The lowest BCUT2D eigenvalue weighted by Crippen LogP contribution is -2.37. The van der Waals surface area contributed by atoms with E-state index in [9.17, 15) is 9.59 Å². The molecule has 30 heavy (non-hydrogen) atoms. The van der Waals surface area contributed by atoms with E-state index in [2.05, 4.69) is 4.99 Å². The number of hydrogen-bond donors (Lipinski definition) is 0. The molecule has 0 radical (unpaired) electrons. The molecule has 2 unspecified atom stereocenters. The average Bonchev–Trinajstić information content (AvgIpc) is 3.27. The smallest absolute Gasteiger partial charge is 0.336 e. The van der Waals surface area contributed by atoms with Gasteiger partial charge in [0.1, 0.15) is 5.92 Å². The molecule has 5 nitrogen and oxygen atoms in total. The van der Waals surface area contributed by atoms with Crippen LogP contribution in [0, 0.1) is 11.8 Å². The predicted molar refractivity (Wildman–Crippen MR) is 120 cm³/mol. The second kappa shape index (κ2) is 10.2. The average molecular weight is 424 g/mol. The van der Waals surface area contributed by atoms with Gasteiger partial charge in [-0.05, 0) is 37.8 Å². The second-order valence-electron chi connectivity index (χ2n) is 6.77. The zero-order valence-corrected chi connectivity index (χ0v) is 18.1. The highest BCUT2D eigenvalue weighted by molar-refractivity contribution is 7.08. The van der Waals surface area contributed by atoms with Crippen LogP contribution >= 0.6 is 11.3 Å². The first kappa shape index (κ1) is 21.7. The number of hydrogen-bond acceptors (Lipinski definition) is 6. The summed E-state index contributed by atoms with van der Waals surface area (Å²) in [5, 5.41) is 3.87. The van der Waals surface area contributed by atoms with Gasteiger partial charge in [0.25, 0.3) is 0 Å². The van der Waals surface area contributed by atoms with Gasteiger partial charge in [-0.25, -0.2) is 4.79 Å². The Morgan fingerprint density at radius 1 is 1.10 bits per heavy atom. The second-order valence-corrected chi connectivity index (χ2v) is 7.55. The van der Waals surface area contributed by atoms with Crippen molar-refractivity contribution < 1.29 is 19.1 Å². The van der Waals surface area contributed by atoms with Crippen molar-refractivity contribution in [3.63, 3.8) is 0 Å². The number of ether oxygens (including phenoxy) is 2. The van der Waals surface area contributed by atoms with Crippen LogP contribution in [0.5, 0.6) is 0 Å². The van der Waals surface area contributed by atoms with Crippen LogP contribution in [0.1, 0.15) is 31.9 Å². The van der Waals surface area contributed by atoms with Crippen molar-refractivity contribution in [2.24, 2.45) is 16.8 Å². The number of benzene rings is 1. The third-order valence-corrected chi connectivity index (χ3v) is 5.50. The summed E-state index contributed by atoms with van der Waals surface area (Å²) in [6.07, 6.45) is 3.80. The van der Waals surface area contributed by atoms with E-state index in [1.54, 1.807) is 20.8 Å². The molecule has 0 fully saturated rings. The monoisotopic (exact) mass is 423 g/mol. The zero-order chi connectivity index (χ0) is 21.5. The Kier molecular flexibility index (Phi) is 7.36. The molecular formula is C24H25NO4S. The van der Waals surface area contributed by atoms with Crippen molar-refractivity contribution in [1.29, 1.82) is 0 Å². The normalized spacial score (nSPS) is 19.0. The number of carbonyl (C=O) groups is 2. The first-order chi connectivity index (χ1) is 14.6. The summed E-state index contributed by atoms with van der Waals surface area (Å²) in [5.74, 6) is -2.10. The maximum atomic E-state index is 13.0. The molecule has 1 aliphatic rings. The molecule has 0 bridgehead atoms. The summed E-state index contributed by atoms with van der Waals surface area (Å²) in [6, 6.07) is 11.7. The molecule has 2 aromatic rings. The molecule has 2 atom stereocenters. The van der Waals surface area contributed by atoms with E-state index in [1.807, 2.05) is 59.3 Å². The highest BCUT2D eigenvalue weighted by Crippen LogP contribution is 2.38. The van der Waals surface area contributed by atoms with Gasteiger partial charge in [-0.3, -0.25) is 9.79 Å². The topological polar surface area (TPSA) is 65.0 Å². The largest absolute Gasteiger partial charge is 0.465 e. The number of nitrogens with zero attached hydrogens (tertiary/aromatic N) is 1. The standard InChI is InChI=1S/C24H25NO4S/c1-4-28-23(26)20-16(3)25-22(18-13-14-30-15-18)21(24(27)29-5-2)19(20)12-11-17-9-7-6-8-10-17/h6-15,19-20H,4-5H2,1-3H3/b12-11+. The van der Waals surface area contributed by atoms with Crippen LogP contribution in [0.4, 0.5) is 0 Å². The molecule has 0 spiro atoms.